The number of allylic oxidation sites excluding steroid dienone is 1. The van der Waals surface area contributed by atoms with Gasteiger partial charge in [-0.2, -0.15) is 0 Å². The van der Waals surface area contributed by atoms with E-state index in [1.807, 2.05) is 4.57 Å². The highest BCUT2D eigenvalue weighted by molar-refractivity contribution is 7.99. The molecule has 1 aromatic carbocycles. The molecule has 0 aliphatic heterocycles. The van der Waals surface area contributed by atoms with Crippen LogP contribution >= 0.6 is 46.3 Å². The molecule has 0 radical (unpaired) electrons. The van der Waals surface area contributed by atoms with E-state index in [0.717, 1.165) is 48.4 Å². The van der Waals surface area contributed by atoms with Crippen LogP contribution in [0.15, 0.2) is 36.0 Å². The van der Waals surface area contributed by atoms with E-state index in [9.17, 15) is 9.59 Å². The summed E-state index contributed by atoms with van der Waals surface area (Å²) in [7, 11) is 1.37. The Hall–Kier alpha value is -2.53. The second-order valence-electron chi connectivity index (χ2n) is 8.92. The van der Waals surface area contributed by atoms with Gasteiger partial charge in [-0.15, -0.1) is 28.1 Å². The number of hydrogen-bond donors (Lipinski definition) is 1. The first kappa shape index (κ1) is 29.5. The SMILES string of the molecule is C=CCn1c(CCCOc2ccc(Cl)cc2Cl)nnc1SCC(=O)Nc1sc2c(c1C(=O)OC)CCCCC2. The van der Waals surface area contributed by atoms with Gasteiger partial charge >= 0.3 is 5.97 Å². The summed E-state index contributed by atoms with van der Waals surface area (Å²) in [6.07, 6.45) is 8.07. The molecular weight excluding hydrogens is 579 g/mol. The molecule has 0 saturated heterocycles. The predicted molar refractivity (Wildman–Crippen MR) is 157 cm³/mol. The summed E-state index contributed by atoms with van der Waals surface area (Å²) in [6, 6.07) is 5.11. The highest BCUT2D eigenvalue weighted by Gasteiger charge is 2.26. The van der Waals surface area contributed by atoms with Gasteiger partial charge in [0, 0.05) is 22.9 Å². The number of nitrogens with zero attached hydrogens (tertiary/aromatic N) is 3. The van der Waals surface area contributed by atoms with E-state index >= 15 is 0 Å². The van der Waals surface area contributed by atoms with Crippen molar-refractivity contribution in [2.24, 2.45) is 0 Å². The maximum atomic E-state index is 12.9. The van der Waals surface area contributed by atoms with Crippen LogP contribution in [0, 0.1) is 0 Å². The Morgan fingerprint density at radius 1 is 1.23 bits per heavy atom. The number of ether oxygens (including phenoxy) is 2. The lowest BCUT2D eigenvalue weighted by Gasteiger charge is -2.10. The van der Waals surface area contributed by atoms with Crippen molar-refractivity contribution < 1.29 is 19.1 Å². The summed E-state index contributed by atoms with van der Waals surface area (Å²) in [5, 5.41) is 13.8. The fraction of sp³-hybridized carbons (Fsp3) is 0.407. The molecule has 1 aliphatic carbocycles. The third kappa shape index (κ3) is 7.57. The molecule has 1 N–H and O–H groups in total. The van der Waals surface area contributed by atoms with Crippen LogP contribution in [0.5, 0.6) is 5.75 Å². The number of carbonyl (C=O) groups excluding carboxylic acids is 2. The molecule has 39 heavy (non-hydrogen) atoms. The van der Waals surface area contributed by atoms with E-state index in [2.05, 4.69) is 22.1 Å². The molecule has 2 heterocycles. The molecule has 8 nitrogen and oxygen atoms in total. The number of methoxy groups -OCH3 is 1. The maximum Gasteiger partial charge on any atom is 0.341 e. The lowest BCUT2D eigenvalue weighted by molar-refractivity contribution is -0.113. The van der Waals surface area contributed by atoms with Gasteiger partial charge in [-0.3, -0.25) is 4.79 Å². The Morgan fingerprint density at radius 2 is 2.05 bits per heavy atom. The summed E-state index contributed by atoms with van der Waals surface area (Å²) < 4.78 is 12.7. The Morgan fingerprint density at radius 3 is 2.82 bits per heavy atom. The summed E-state index contributed by atoms with van der Waals surface area (Å²) in [5.74, 6) is 0.850. The topological polar surface area (TPSA) is 95.3 Å². The Labute approximate surface area is 246 Å². The zero-order valence-corrected chi connectivity index (χ0v) is 24.8. The van der Waals surface area contributed by atoms with Crippen LogP contribution in [0.4, 0.5) is 5.00 Å². The number of anilines is 1. The summed E-state index contributed by atoms with van der Waals surface area (Å²) in [4.78, 5) is 26.6. The van der Waals surface area contributed by atoms with Crippen LogP contribution in [0.3, 0.4) is 0 Å². The molecule has 0 bridgehead atoms. The number of aryl methyl sites for hydroxylation is 2. The van der Waals surface area contributed by atoms with Gasteiger partial charge in [0.25, 0.3) is 0 Å². The van der Waals surface area contributed by atoms with Gasteiger partial charge in [0.2, 0.25) is 5.91 Å². The zero-order valence-electron chi connectivity index (χ0n) is 21.6. The summed E-state index contributed by atoms with van der Waals surface area (Å²) in [5.41, 5.74) is 1.52. The summed E-state index contributed by atoms with van der Waals surface area (Å²) >= 11 is 14.9. The van der Waals surface area contributed by atoms with Crippen LogP contribution in [0.25, 0.3) is 0 Å². The third-order valence-electron chi connectivity index (χ3n) is 6.20. The van der Waals surface area contributed by atoms with Crippen molar-refractivity contribution in [3.63, 3.8) is 0 Å². The minimum absolute atomic E-state index is 0.122. The van der Waals surface area contributed by atoms with E-state index in [4.69, 9.17) is 32.7 Å². The molecule has 4 rings (SSSR count). The number of nitrogens with one attached hydrogen (secondary N) is 1. The molecule has 12 heteroatoms. The molecule has 2 aromatic heterocycles. The number of thiophene rings is 1. The Bertz CT molecular complexity index is 1340. The standard InChI is InChI=1S/C27H30Cl2N4O4S2/c1-3-13-33-22(10-7-14-37-20-12-11-17(28)15-19(20)29)31-32-27(33)38-16-23(34)30-25-24(26(35)36-2)18-8-5-4-6-9-21(18)39-25/h3,11-12,15H,1,4-10,13-14,16H2,2H3,(H,30,34). The number of halogens is 2. The monoisotopic (exact) mass is 608 g/mol. The van der Waals surface area contributed by atoms with Crippen molar-refractivity contribution >= 4 is 63.2 Å². The van der Waals surface area contributed by atoms with Gasteiger partial charge in [-0.05, 0) is 55.9 Å². The van der Waals surface area contributed by atoms with Gasteiger partial charge in [-0.1, -0.05) is 47.5 Å². The number of amides is 1. The van der Waals surface area contributed by atoms with Gasteiger partial charge < -0.3 is 19.4 Å². The Kier molecular flexibility index (Phi) is 10.7. The minimum Gasteiger partial charge on any atom is -0.492 e. The highest BCUT2D eigenvalue weighted by Crippen LogP contribution is 2.38. The van der Waals surface area contributed by atoms with Crippen LogP contribution < -0.4 is 10.1 Å². The molecule has 3 aromatic rings. The first-order valence-corrected chi connectivity index (χ1v) is 15.2. The van der Waals surface area contributed by atoms with Crippen molar-refractivity contribution in [2.45, 2.75) is 56.6 Å². The lowest BCUT2D eigenvalue weighted by Crippen LogP contribution is -2.17. The van der Waals surface area contributed by atoms with Crippen LogP contribution in [0.1, 0.15) is 52.3 Å². The number of rotatable bonds is 12. The summed E-state index contributed by atoms with van der Waals surface area (Å²) in [6.45, 7) is 4.80. The maximum absolute atomic E-state index is 12.9. The molecule has 208 valence electrons. The van der Waals surface area contributed by atoms with Crippen molar-refractivity contribution in [3.05, 3.63) is 62.7 Å². The third-order valence-corrected chi connectivity index (χ3v) is 8.90. The molecule has 1 aliphatic rings. The fourth-order valence-corrected chi connectivity index (χ4v) is 6.89. The van der Waals surface area contributed by atoms with Crippen LogP contribution in [-0.4, -0.2) is 46.1 Å². The van der Waals surface area contributed by atoms with E-state index in [1.54, 1.807) is 24.3 Å². The second kappa shape index (κ2) is 14.2. The quantitative estimate of drug-likeness (QED) is 0.0810. The average molecular weight is 610 g/mol. The largest absolute Gasteiger partial charge is 0.492 e. The zero-order chi connectivity index (χ0) is 27.8. The van der Waals surface area contributed by atoms with E-state index in [0.29, 0.717) is 57.5 Å². The normalized spacial score (nSPS) is 12.9. The van der Waals surface area contributed by atoms with Gasteiger partial charge in [0.05, 0.1) is 30.1 Å². The number of aromatic nitrogens is 3. The van der Waals surface area contributed by atoms with Crippen LogP contribution in [-0.2, 0) is 35.3 Å². The Balaban J connectivity index is 1.35. The molecule has 0 unspecified atom stereocenters. The lowest BCUT2D eigenvalue weighted by atomic mass is 10.1. The highest BCUT2D eigenvalue weighted by atomic mass is 35.5. The fourth-order valence-electron chi connectivity index (χ4n) is 4.37. The number of esters is 1. The molecule has 0 spiro atoms. The van der Waals surface area contributed by atoms with E-state index in [1.165, 1.54) is 30.2 Å². The first-order chi connectivity index (χ1) is 18.9. The van der Waals surface area contributed by atoms with Crippen molar-refractivity contribution in [1.82, 2.24) is 14.8 Å². The number of thioether (sulfide) groups is 1. The van der Waals surface area contributed by atoms with E-state index < -0.39 is 5.97 Å². The van der Waals surface area contributed by atoms with Crippen LogP contribution in [0.2, 0.25) is 10.0 Å². The van der Waals surface area contributed by atoms with Gasteiger partial charge in [0.15, 0.2) is 5.16 Å². The van der Waals surface area contributed by atoms with Gasteiger partial charge in [0.1, 0.15) is 16.6 Å². The smallest absolute Gasteiger partial charge is 0.341 e. The molecule has 1 amide bonds. The second-order valence-corrected chi connectivity index (χ2v) is 11.8. The molecule has 0 fully saturated rings. The first-order valence-electron chi connectivity index (χ1n) is 12.7. The van der Waals surface area contributed by atoms with Crippen molar-refractivity contribution in [2.75, 3.05) is 24.8 Å². The van der Waals surface area contributed by atoms with Crippen molar-refractivity contribution in [1.29, 1.82) is 0 Å². The van der Waals surface area contributed by atoms with Gasteiger partial charge in [-0.25, -0.2) is 4.79 Å². The molecular formula is C27H30Cl2N4O4S2. The predicted octanol–water partition coefficient (Wildman–Crippen LogP) is 6.63. The minimum atomic E-state index is -0.407. The van der Waals surface area contributed by atoms with Crippen molar-refractivity contribution in [3.8, 4) is 5.75 Å². The molecule has 0 atom stereocenters. The number of carbonyl (C=O) groups is 2. The van der Waals surface area contributed by atoms with E-state index in [-0.39, 0.29) is 11.7 Å². The number of benzene rings is 1. The number of fused-ring (bicyclic) bond motifs is 1. The number of hydrogen-bond acceptors (Lipinski definition) is 8. The molecule has 0 saturated carbocycles. The average Bonchev–Trinajstić information content (AvgIpc) is 3.37.